The number of fused-ring (bicyclic) bond motifs is 1. The summed E-state index contributed by atoms with van der Waals surface area (Å²) in [6, 6.07) is 13.8. The summed E-state index contributed by atoms with van der Waals surface area (Å²) >= 11 is 0. The minimum atomic E-state index is -0.682. The minimum Gasteiger partial charge on any atom is -0.497 e. The molecular weight excluding hydrogens is 422 g/mol. The second-order valence-electron chi connectivity index (χ2n) is 7.96. The van der Waals surface area contributed by atoms with Gasteiger partial charge in [0.25, 0.3) is 5.91 Å². The molecule has 0 bridgehead atoms. The molecule has 2 heterocycles. The smallest absolute Gasteiger partial charge is 0.254 e. The number of amides is 2. The Labute approximate surface area is 192 Å². The number of nitrogens with zero attached hydrogens (tertiary/aromatic N) is 2. The van der Waals surface area contributed by atoms with Gasteiger partial charge in [-0.05, 0) is 37.6 Å². The Morgan fingerprint density at radius 2 is 1.94 bits per heavy atom. The zero-order chi connectivity index (χ0) is 23.5. The Morgan fingerprint density at radius 3 is 2.64 bits per heavy atom. The number of rotatable bonds is 7. The number of ether oxygens (including phenoxy) is 2. The van der Waals surface area contributed by atoms with Crippen LogP contribution in [0, 0.1) is 13.8 Å². The number of carbonyl (C=O) groups excluding carboxylic acids is 2. The van der Waals surface area contributed by atoms with E-state index in [-0.39, 0.29) is 11.8 Å². The first kappa shape index (κ1) is 22.5. The van der Waals surface area contributed by atoms with E-state index in [1.807, 2.05) is 31.2 Å². The molecule has 2 atom stereocenters. The Balaban J connectivity index is 1.84. The molecule has 4 rings (SSSR count). The van der Waals surface area contributed by atoms with E-state index in [1.165, 1.54) is 0 Å². The van der Waals surface area contributed by atoms with Gasteiger partial charge in [0, 0.05) is 36.5 Å². The summed E-state index contributed by atoms with van der Waals surface area (Å²) in [5.74, 6) is 0.134. The first-order chi connectivity index (χ1) is 16.0. The monoisotopic (exact) mass is 449 g/mol. The number of nitrogens with one attached hydrogen (secondary N) is 1. The van der Waals surface area contributed by atoms with Crippen LogP contribution in [0.4, 0.5) is 5.69 Å². The van der Waals surface area contributed by atoms with Gasteiger partial charge in [-0.25, -0.2) is 0 Å². The summed E-state index contributed by atoms with van der Waals surface area (Å²) in [6.45, 7) is 4.27. The van der Waals surface area contributed by atoms with Crippen molar-refractivity contribution in [3.05, 3.63) is 76.7 Å². The lowest BCUT2D eigenvalue weighted by Gasteiger charge is -2.41. The van der Waals surface area contributed by atoms with E-state index >= 15 is 0 Å². The summed E-state index contributed by atoms with van der Waals surface area (Å²) < 4.78 is 16.0. The molecule has 2 amide bonds. The van der Waals surface area contributed by atoms with Crippen molar-refractivity contribution >= 4 is 17.5 Å². The molecule has 0 fully saturated rings. The number of aromatic nitrogens is 1. The summed E-state index contributed by atoms with van der Waals surface area (Å²) in [6.07, 6.45) is 0. The van der Waals surface area contributed by atoms with Crippen molar-refractivity contribution in [3.63, 3.8) is 0 Å². The Bertz CT molecular complexity index is 1150. The second-order valence-corrected chi connectivity index (χ2v) is 7.96. The van der Waals surface area contributed by atoms with Crippen LogP contribution in [0.2, 0.25) is 0 Å². The molecule has 2 aromatic carbocycles. The van der Waals surface area contributed by atoms with Crippen molar-refractivity contribution in [1.29, 1.82) is 0 Å². The molecule has 2 unspecified atom stereocenters. The highest BCUT2D eigenvalue weighted by atomic mass is 16.5. The van der Waals surface area contributed by atoms with Crippen molar-refractivity contribution < 1.29 is 23.6 Å². The van der Waals surface area contributed by atoms with Crippen LogP contribution in [0.25, 0.3) is 0 Å². The summed E-state index contributed by atoms with van der Waals surface area (Å²) in [7, 11) is 3.16. The van der Waals surface area contributed by atoms with E-state index < -0.39 is 12.0 Å². The Hall–Kier alpha value is -3.65. The maximum absolute atomic E-state index is 13.8. The fourth-order valence-corrected chi connectivity index (χ4v) is 4.46. The van der Waals surface area contributed by atoms with Gasteiger partial charge in [-0.15, -0.1) is 0 Å². The molecule has 1 N–H and O–H groups in total. The third-order valence-corrected chi connectivity index (χ3v) is 5.98. The van der Waals surface area contributed by atoms with E-state index in [2.05, 4.69) is 10.5 Å². The normalized spacial score (nSPS) is 17.6. The molecule has 172 valence electrons. The largest absolute Gasteiger partial charge is 0.497 e. The maximum Gasteiger partial charge on any atom is 0.254 e. The SMILES string of the molecule is COCCN1C(=O)c2ccccc2C(C(=O)Nc2cccc(OC)c2)C1c1c(C)noc1C. The molecule has 0 aliphatic carbocycles. The van der Waals surface area contributed by atoms with Gasteiger partial charge in [-0.2, -0.15) is 0 Å². The number of aryl methyl sites for hydroxylation is 2. The Kier molecular flexibility index (Phi) is 6.46. The molecule has 8 heteroatoms. The molecule has 0 spiro atoms. The predicted octanol–water partition coefficient (Wildman–Crippen LogP) is 3.87. The van der Waals surface area contributed by atoms with Crippen LogP contribution >= 0.6 is 0 Å². The van der Waals surface area contributed by atoms with Crippen molar-refractivity contribution in [1.82, 2.24) is 10.1 Å². The van der Waals surface area contributed by atoms with Gasteiger partial charge in [0.05, 0.1) is 31.4 Å². The predicted molar refractivity (Wildman–Crippen MR) is 122 cm³/mol. The number of hydrogen-bond donors (Lipinski definition) is 1. The zero-order valence-corrected chi connectivity index (χ0v) is 19.1. The van der Waals surface area contributed by atoms with Crippen LogP contribution in [0.5, 0.6) is 5.75 Å². The average Bonchev–Trinajstić information content (AvgIpc) is 3.15. The van der Waals surface area contributed by atoms with Crippen molar-refractivity contribution in [2.24, 2.45) is 0 Å². The molecule has 3 aromatic rings. The lowest BCUT2D eigenvalue weighted by atomic mass is 9.78. The maximum atomic E-state index is 13.8. The third kappa shape index (κ3) is 4.21. The lowest BCUT2D eigenvalue weighted by molar-refractivity contribution is -0.119. The van der Waals surface area contributed by atoms with Gasteiger partial charge in [0.1, 0.15) is 11.5 Å². The number of hydrogen-bond acceptors (Lipinski definition) is 6. The first-order valence-electron chi connectivity index (χ1n) is 10.7. The van der Waals surface area contributed by atoms with E-state index in [4.69, 9.17) is 14.0 Å². The van der Waals surface area contributed by atoms with Gasteiger partial charge in [0.15, 0.2) is 0 Å². The second kappa shape index (κ2) is 9.46. The molecule has 0 saturated carbocycles. The van der Waals surface area contributed by atoms with E-state index in [0.29, 0.717) is 47.2 Å². The third-order valence-electron chi connectivity index (χ3n) is 5.98. The lowest BCUT2D eigenvalue weighted by Crippen LogP contribution is -2.47. The summed E-state index contributed by atoms with van der Waals surface area (Å²) in [5.41, 5.74) is 3.16. The fraction of sp³-hybridized carbons (Fsp3) is 0.320. The summed E-state index contributed by atoms with van der Waals surface area (Å²) in [5, 5.41) is 7.11. The van der Waals surface area contributed by atoms with Crippen LogP contribution in [0.15, 0.2) is 53.1 Å². The van der Waals surface area contributed by atoms with Crippen molar-refractivity contribution in [3.8, 4) is 5.75 Å². The standard InChI is InChI=1S/C25H27N3O5/c1-15-21(16(2)33-27-15)23-22(24(29)26-17-8-7-9-18(14-17)32-4)19-10-5-6-11-20(19)25(30)28(23)12-13-31-3/h5-11,14,22-23H,12-13H2,1-4H3,(H,26,29). The fourth-order valence-electron chi connectivity index (χ4n) is 4.46. The average molecular weight is 450 g/mol. The topological polar surface area (TPSA) is 93.9 Å². The van der Waals surface area contributed by atoms with Crippen molar-refractivity contribution in [2.75, 3.05) is 32.7 Å². The zero-order valence-electron chi connectivity index (χ0n) is 19.1. The van der Waals surface area contributed by atoms with Gasteiger partial charge < -0.3 is 24.2 Å². The van der Waals surface area contributed by atoms with Gasteiger partial charge >= 0.3 is 0 Å². The molecule has 1 aliphatic rings. The molecule has 1 aromatic heterocycles. The first-order valence-corrected chi connectivity index (χ1v) is 10.7. The van der Waals surface area contributed by atoms with Gasteiger partial charge in [-0.1, -0.05) is 29.4 Å². The van der Waals surface area contributed by atoms with Crippen LogP contribution in [0.3, 0.4) is 0 Å². The number of methoxy groups -OCH3 is 2. The van der Waals surface area contributed by atoms with E-state index in [0.717, 1.165) is 5.56 Å². The molecular formula is C25H27N3O5. The number of anilines is 1. The van der Waals surface area contributed by atoms with E-state index in [1.54, 1.807) is 50.3 Å². The van der Waals surface area contributed by atoms with Gasteiger partial charge in [0.2, 0.25) is 5.91 Å². The molecule has 1 aliphatic heterocycles. The van der Waals surface area contributed by atoms with Crippen molar-refractivity contribution in [2.45, 2.75) is 25.8 Å². The highest BCUT2D eigenvalue weighted by Crippen LogP contribution is 2.45. The summed E-state index contributed by atoms with van der Waals surface area (Å²) in [4.78, 5) is 29.0. The van der Waals surface area contributed by atoms with E-state index in [9.17, 15) is 9.59 Å². The van der Waals surface area contributed by atoms with Crippen LogP contribution in [-0.4, -0.2) is 49.2 Å². The van der Waals surface area contributed by atoms with Crippen LogP contribution in [-0.2, 0) is 9.53 Å². The van der Waals surface area contributed by atoms with Gasteiger partial charge in [-0.3, -0.25) is 9.59 Å². The number of benzene rings is 2. The quantitative estimate of drug-likeness (QED) is 0.589. The molecule has 0 radical (unpaired) electrons. The molecule has 0 saturated heterocycles. The van der Waals surface area contributed by atoms with Crippen LogP contribution in [0.1, 0.15) is 44.9 Å². The highest BCUT2D eigenvalue weighted by Gasteiger charge is 2.46. The molecule has 8 nitrogen and oxygen atoms in total. The number of carbonyl (C=O) groups is 2. The molecule has 33 heavy (non-hydrogen) atoms. The Morgan fingerprint density at radius 1 is 1.15 bits per heavy atom. The minimum absolute atomic E-state index is 0.155. The van der Waals surface area contributed by atoms with Crippen LogP contribution < -0.4 is 10.1 Å². The highest BCUT2D eigenvalue weighted by molar-refractivity contribution is 6.04.